The molecule has 0 aliphatic rings. The minimum atomic E-state index is 0.0961. The Bertz CT molecular complexity index is 923. The van der Waals surface area contributed by atoms with Gasteiger partial charge in [-0.05, 0) is 38.9 Å². The molecular formula is C19H24N4O. The van der Waals surface area contributed by atoms with Gasteiger partial charge in [0, 0.05) is 49.2 Å². The average molecular weight is 324 g/mol. The molecule has 0 fully saturated rings. The lowest BCUT2D eigenvalue weighted by Crippen LogP contribution is -2.24. The highest BCUT2D eigenvalue weighted by Gasteiger charge is 2.09. The summed E-state index contributed by atoms with van der Waals surface area (Å²) in [5.41, 5.74) is 4.12. The molecule has 0 saturated heterocycles. The summed E-state index contributed by atoms with van der Waals surface area (Å²) in [6, 6.07) is 5.79. The Morgan fingerprint density at radius 3 is 2.67 bits per heavy atom. The van der Waals surface area contributed by atoms with Crippen LogP contribution in [-0.4, -0.2) is 33.0 Å². The van der Waals surface area contributed by atoms with Crippen LogP contribution in [0.5, 0.6) is 0 Å². The molecule has 2 aromatic heterocycles. The molecule has 5 nitrogen and oxygen atoms in total. The van der Waals surface area contributed by atoms with Crippen molar-refractivity contribution >= 4 is 10.9 Å². The second-order valence-corrected chi connectivity index (χ2v) is 6.51. The first-order chi connectivity index (χ1) is 11.5. The Morgan fingerprint density at radius 1 is 1.21 bits per heavy atom. The maximum atomic E-state index is 12.5. The molecule has 24 heavy (non-hydrogen) atoms. The summed E-state index contributed by atoms with van der Waals surface area (Å²) in [5, 5.41) is 0.801. The fourth-order valence-electron chi connectivity index (χ4n) is 3.09. The molecule has 0 radical (unpaired) electrons. The summed E-state index contributed by atoms with van der Waals surface area (Å²) in [5.74, 6) is 1.02. The van der Waals surface area contributed by atoms with Crippen LogP contribution in [0.2, 0.25) is 0 Å². The zero-order chi connectivity index (χ0) is 17.3. The maximum Gasteiger partial charge on any atom is 0.189 e. The van der Waals surface area contributed by atoms with Crippen LogP contribution in [0.1, 0.15) is 22.6 Å². The first-order valence-electron chi connectivity index (χ1n) is 8.24. The normalized spacial score (nSPS) is 11.5. The molecule has 3 rings (SSSR count). The Labute approximate surface area is 142 Å². The van der Waals surface area contributed by atoms with E-state index in [1.165, 1.54) is 0 Å². The zero-order valence-corrected chi connectivity index (χ0v) is 14.8. The molecule has 126 valence electrons. The highest BCUT2D eigenvalue weighted by Crippen LogP contribution is 2.17. The third-order valence-corrected chi connectivity index (χ3v) is 4.55. The Balaban J connectivity index is 1.79. The molecule has 0 aliphatic carbocycles. The first-order valence-corrected chi connectivity index (χ1v) is 8.24. The highest BCUT2D eigenvalue weighted by molar-refractivity contribution is 5.84. The van der Waals surface area contributed by atoms with E-state index in [0.29, 0.717) is 6.54 Å². The van der Waals surface area contributed by atoms with Crippen molar-refractivity contribution in [1.82, 2.24) is 19.4 Å². The lowest BCUT2D eigenvalue weighted by Gasteiger charge is -2.18. The van der Waals surface area contributed by atoms with E-state index < -0.39 is 0 Å². The van der Waals surface area contributed by atoms with E-state index in [4.69, 9.17) is 0 Å². The number of H-pyrrole nitrogens is 1. The topological polar surface area (TPSA) is 53.9 Å². The van der Waals surface area contributed by atoms with E-state index in [-0.39, 0.29) is 5.43 Å². The van der Waals surface area contributed by atoms with E-state index in [0.717, 1.165) is 46.6 Å². The molecule has 0 aliphatic heterocycles. The van der Waals surface area contributed by atoms with Crippen LogP contribution in [0.15, 0.2) is 35.4 Å². The summed E-state index contributed by atoms with van der Waals surface area (Å²) in [7, 11) is 2.07. The Hall–Kier alpha value is -2.40. The summed E-state index contributed by atoms with van der Waals surface area (Å²) in [4.78, 5) is 22.4. The van der Waals surface area contributed by atoms with Crippen molar-refractivity contribution in [3.8, 4) is 0 Å². The number of fused-ring (bicyclic) bond motifs is 1. The second-order valence-electron chi connectivity index (χ2n) is 6.51. The van der Waals surface area contributed by atoms with Crippen molar-refractivity contribution in [2.75, 3.05) is 13.6 Å². The zero-order valence-electron chi connectivity index (χ0n) is 14.8. The lowest BCUT2D eigenvalue weighted by molar-refractivity contribution is 0.307. The molecule has 5 heteroatoms. The standard InChI is InChI=1S/C19H24N4O/c1-13-5-6-14(2)19-18(13)17(24)11-16(21-19)12-22(4)9-10-23-8-7-20-15(23)3/h5-8,11H,9-10,12H2,1-4H3,(H,21,24). The van der Waals surface area contributed by atoms with Crippen molar-refractivity contribution in [2.24, 2.45) is 0 Å². The monoisotopic (exact) mass is 324 g/mol. The second kappa shape index (κ2) is 6.61. The van der Waals surface area contributed by atoms with Crippen molar-refractivity contribution in [2.45, 2.75) is 33.9 Å². The van der Waals surface area contributed by atoms with Gasteiger partial charge in [-0.3, -0.25) is 9.69 Å². The smallest absolute Gasteiger partial charge is 0.189 e. The SMILES string of the molecule is Cc1ccc(C)c2c(=O)cc(CN(C)CCn3ccnc3C)[nH]c12. The summed E-state index contributed by atoms with van der Waals surface area (Å²) in [6.45, 7) is 8.52. The number of benzene rings is 1. The summed E-state index contributed by atoms with van der Waals surface area (Å²) in [6.07, 6.45) is 3.81. The molecular weight excluding hydrogens is 300 g/mol. The first kappa shape index (κ1) is 16.5. The molecule has 1 aromatic carbocycles. The third kappa shape index (κ3) is 3.26. The number of pyridine rings is 1. The van der Waals surface area contributed by atoms with Gasteiger partial charge in [-0.2, -0.15) is 0 Å². The van der Waals surface area contributed by atoms with Gasteiger partial charge in [-0.25, -0.2) is 4.98 Å². The van der Waals surface area contributed by atoms with Crippen molar-refractivity contribution in [3.63, 3.8) is 0 Å². The molecule has 0 atom stereocenters. The largest absolute Gasteiger partial charge is 0.357 e. The molecule has 3 aromatic rings. The van der Waals surface area contributed by atoms with Crippen molar-refractivity contribution in [1.29, 1.82) is 0 Å². The van der Waals surface area contributed by atoms with Crippen molar-refractivity contribution < 1.29 is 0 Å². The van der Waals surface area contributed by atoms with Crippen LogP contribution in [0.4, 0.5) is 0 Å². The van der Waals surface area contributed by atoms with E-state index in [1.807, 2.05) is 39.2 Å². The average Bonchev–Trinajstić information content (AvgIpc) is 2.94. The molecule has 0 bridgehead atoms. The summed E-state index contributed by atoms with van der Waals surface area (Å²) >= 11 is 0. The van der Waals surface area contributed by atoms with Gasteiger partial charge in [0.2, 0.25) is 0 Å². The quantitative estimate of drug-likeness (QED) is 0.785. The van der Waals surface area contributed by atoms with Crippen LogP contribution in [0.25, 0.3) is 10.9 Å². The fraction of sp³-hybridized carbons (Fsp3) is 0.368. The van der Waals surface area contributed by atoms with Gasteiger partial charge in [0.05, 0.1) is 5.52 Å². The Kier molecular flexibility index (Phi) is 4.53. The van der Waals surface area contributed by atoms with Gasteiger partial charge < -0.3 is 9.55 Å². The lowest BCUT2D eigenvalue weighted by atomic mass is 10.0. The molecule has 0 unspecified atom stereocenters. The Morgan fingerprint density at radius 2 is 1.96 bits per heavy atom. The van der Waals surface area contributed by atoms with Crippen LogP contribution in [-0.2, 0) is 13.1 Å². The van der Waals surface area contributed by atoms with Crippen LogP contribution < -0.4 is 5.43 Å². The minimum Gasteiger partial charge on any atom is -0.357 e. The van der Waals surface area contributed by atoms with E-state index in [9.17, 15) is 4.79 Å². The van der Waals surface area contributed by atoms with E-state index in [1.54, 1.807) is 6.07 Å². The number of hydrogen-bond donors (Lipinski definition) is 1. The molecule has 1 N–H and O–H groups in total. The maximum absolute atomic E-state index is 12.5. The van der Waals surface area contributed by atoms with Gasteiger partial charge in [0.1, 0.15) is 5.82 Å². The number of likely N-dealkylation sites (N-methyl/N-ethyl adjacent to an activating group) is 1. The number of imidazole rings is 1. The number of rotatable bonds is 5. The number of aromatic amines is 1. The number of hydrogen-bond acceptors (Lipinski definition) is 3. The molecule has 0 saturated carbocycles. The number of aromatic nitrogens is 3. The van der Waals surface area contributed by atoms with Gasteiger partial charge in [-0.15, -0.1) is 0 Å². The van der Waals surface area contributed by atoms with E-state index >= 15 is 0 Å². The van der Waals surface area contributed by atoms with Crippen LogP contribution in [0, 0.1) is 20.8 Å². The van der Waals surface area contributed by atoms with E-state index in [2.05, 4.69) is 32.5 Å². The third-order valence-electron chi connectivity index (χ3n) is 4.55. The summed E-state index contributed by atoms with van der Waals surface area (Å²) < 4.78 is 2.13. The predicted molar refractivity (Wildman–Crippen MR) is 97.3 cm³/mol. The van der Waals surface area contributed by atoms with Crippen LogP contribution >= 0.6 is 0 Å². The molecule has 0 amide bonds. The van der Waals surface area contributed by atoms with Gasteiger partial charge in [0.15, 0.2) is 5.43 Å². The van der Waals surface area contributed by atoms with Gasteiger partial charge >= 0.3 is 0 Å². The predicted octanol–water partition coefficient (Wildman–Crippen LogP) is 2.78. The fourth-order valence-corrected chi connectivity index (χ4v) is 3.09. The number of nitrogens with zero attached hydrogens (tertiary/aromatic N) is 3. The molecule has 0 spiro atoms. The number of nitrogens with one attached hydrogen (secondary N) is 1. The molecule has 2 heterocycles. The van der Waals surface area contributed by atoms with Crippen molar-refractivity contribution in [3.05, 3.63) is 63.5 Å². The van der Waals surface area contributed by atoms with Gasteiger partial charge in [0.25, 0.3) is 0 Å². The minimum absolute atomic E-state index is 0.0961. The van der Waals surface area contributed by atoms with Crippen LogP contribution in [0.3, 0.4) is 0 Å². The number of aryl methyl sites for hydroxylation is 3. The highest BCUT2D eigenvalue weighted by atomic mass is 16.1. The van der Waals surface area contributed by atoms with Gasteiger partial charge in [-0.1, -0.05) is 12.1 Å².